The number of nitrogens with zero attached hydrogens (tertiary/aromatic N) is 5. The summed E-state index contributed by atoms with van der Waals surface area (Å²) in [6.07, 6.45) is 1.66. The summed E-state index contributed by atoms with van der Waals surface area (Å²) in [6, 6.07) is 15.3. The average molecular weight is 471 g/mol. The molecule has 0 saturated heterocycles. The van der Waals surface area contributed by atoms with Crippen molar-refractivity contribution in [3.8, 4) is 34.7 Å². The molecule has 2 aromatic carbocycles. The van der Waals surface area contributed by atoms with Crippen molar-refractivity contribution >= 4 is 0 Å². The van der Waals surface area contributed by atoms with Crippen molar-refractivity contribution < 1.29 is 13.5 Å². The van der Waals surface area contributed by atoms with Crippen molar-refractivity contribution in [1.82, 2.24) is 14.1 Å². The largest absolute Gasteiger partial charge is 0.369 e. The third-order valence-corrected chi connectivity index (χ3v) is 5.73. The molecule has 7 nitrogen and oxygen atoms in total. The molecule has 0 N–H and O–H groups in total. The van der Waals surface area contributed by atoms with Crippen LogP contribution in [0.2, 0.25) is 0 Å². The highest BCUT2D eigenvalue weighted by Crippen LogP contribution is 2.28. The summed E-state index contributed by atoms with van der Waals surface area (Å²) in [5, 5.41) is 18.3. The van der Waals surface area contributed by atoms with Crippen molar-refractivity contribution in [2.24, 2.45) is 14.1 Å². The summed E-state index contributed by atoms with van der Waals surface area (Å²) < 4.78 is 37.0. The van der Waals surface area contributed by atoms with Gasteiger partial charge in [0.15, 0.2) is 0 Å². The van der Waals surface area contributed by atoms with E-state index in [0.717, 1.165) is 23.4 Å². The van der Waals surface area contributed by atoms with Crippen LogP contribution in [0.4, 0.5) is 8.78 Å². The standard InChI is InChI=1S/C26H19F2N5O2/c1-32-20(13-31-25(32)17-5-3-16(11-29)4-6-17)14-35-15-24-22(9-18(12-30)26(34)33(24)2)21-8-7-19(27)10-23(21)28/h3-10,13H,14-15H2,1-2H3. The van der Waals surface area contributed by atoms with Gasteiger partial charge >= 0.3 is 0 Å². The first-order chi connectivity index (χ1) is 16.8. The van der Waals surface area contributed by atoms with Crippen molar-refractivity contribution in [2.45, 2.75) is 13.2 Å². The van der Waals surface area contributed by atoms with Crippen LogP contribution in [0.5, 0.6) is 0 Å². The number of rotatable bonds is 6. The zero-order valence-electron chi connectivity index (χ0n) is 18.9. The third-order valence-electron chi connectivity index (χ3n) is 5.73. The maximum atomic E-state index is 14.6. The Morgan fingerprint density at radius 3 is 2.34 bits per heavy atom. The molecular formula is C26H19F2N5O2. The van der Waals surface area contributed by atoms with Gasteiger partial charge in [0.05, 0.1) is 42.4 Å². The number of ether oxygens (including phenoxy) is 1. The van der Waals surface area contributed by atoms with Crippen LogP contribution in [0.3, 0.4) is 0 Å². The van der Waals surface area contributed by atoms with E-state index in [-0.39, 0.29) is 29.9 Å². The van der Waals surface area contributed by atoms with Gasteiger partial charge in [-0.15, -0.1) is 0 Å². The third kappa shape index (κ3) is 4.58. The molecule has 4 rings (SSSR count). The van der Waals surface area contributed by atoms with Gasteiger partial charge in [-0.05, 0) is 42.5 Å². The molecule has 0 amide bonds. The zero-order chi connectivity index (χ0) is 25.1. The molecule has 2 heterocycles. The summed E-state index contributed by atoms with van der Waals surface area (Å²) in [7, 11) is 3.30. The summed E-state index contributed by atoms with van der Waals surface area (Å²) in [4.78, 5) is 17.0. The normalized spacial score (nSPS) is 10.7. The Labute approximate surface area is 199 Å². The van der Waals surface area contributed by atoms with Gasteiger partial charge in [-0.25, -0.2) is 13.8 Å². The minimum atomic E-state index is -0.813. The molecule has 0 atom stereocenters. The Kier molecular flexibility index (Phi) is 6.54. The average Bonchev–Trinajstić information content (AvgIpc) is 3.22. The lowest BCUT2D eigenvalue weighted by molar-refractivity contribution is 0.0983. The Balaban J connectivity index is 1.61. The van der Waals surface area contributed by atoms with Crippen molar-refractivity contribution in [3.63, 3.8) is 0 Å². The first-order valence-electron chi connectivity index (χ1n) is 10.5. The van der Waals surface area contributed by atoms with Crippen LogP contribution in [-0.4, -0.2) is 14.1 Å². The minimum Gasteiger partial charge on any atom is -0.369 e. The fraction of sp³-hybridized carbons (Fsp3) is 0.154. The number of halogens is 2. The number of aromatic nitrogens is 3. The van der Waals surface area contributed by atoms with E-state index in [4.69, 9.17) is 10.00 Å². The molecule has 0 unspecified atom stereocenters. The van der Waals surface area contributed by atoms with E-state index in [1.807, 2.05) is 29.8 Å². The second kappa shape index (κ2) is 9.72. The van der Waals surface area contributed by atoms with Gasteiger partial charge in [-0.1, -0.05) is 0 Å². The first kappa shape index (κ1) is 23.6. The Morgan fingerprint density at radius 2 is 1.69 bits per heavy atom. The van der Waals surface area contributed by atoms with E-state index in [1.54, 1.807) is 18.3 Å². The number of imidazole rings is 1. The van der Waals surface area contributed by atoms with Crippen LogP contribution >= 0.6 is 0 Å². The van der Waals surface area contributed by atoms with E-state index < -0.39 is 17.2 Å². The summed E-state index contributed by atoms with van der Waals surface area (Å²) >= 11 is 0. The van der Waals surface area contributed by atoms with Gasteiger partial charge in [0.25, 0.3) is 5.56 Å². The Hall–Kier alpha value is -4.60. The van der Waals surface area contributed by atoms with E-state index in [1.165, 1.54) is 23.7 Å². The summed E-state index contributed by atoms with van der Waals surface area (Å²) in [5.74, 6) is -0.857. The van der Waals surface area contributed by atoms with Crippen molar-refractivity contribution in [3.05, 3.63) is 99.2 Å². The van der Waals surface area contributed by atoms with Gasteiger partial charge in [-0.3, -0.25) is 4.79 Å². The molecule has 0 spiro atoms. The van der Waals surface area contributed by atoms with Crippen LogP contribution in [0.1, 0.15) is 22.5 Å². The number of hydrogen-bond donors (Lipinski definition) is 0. The second-order valence-corrected chi connectivity index (χ2v) is 7.83. The lowest BCUT2D eigenvalue weighted by Gasteiger charge is -2.16. The predicted octanol–water partition coefficient (Wildman–Crippen LogP) is 4.19. The minimum absolute atomic E-state index is 0.0562. The van der Waals surface area contributed by atoms with Gasteiger partial charge in [0.1, 0.15) is 29.1 Å². The number of benzene rings is 2. The smallest absolute Gasteiger partial charge is 0.268 e. The molecule has 4 aromatic rings. The van der Waals surface area contributed by atoms with E-state index >= 15 is 0 Å². The highest BCUT2D eigenvalue weighted by atomic mass is 19.1. The monoisotopic (exact) mass is 471 g/mol. The van der Waals surface area contributed by atoms with Gasteiger partial charge in [0, 0.05) is 36.9 Å². The topological polar surface area (TPSA) is 96.6 Å². The van der Waals surface area contributed by atoms with Crippen molar-refractivity contribution in [1.29, 1.82) is 10.5 Å². The van der Waals surface area contributed by atoms with Crippen LogP contribution < -0.4 is 5.56 Å². The SMILES string of the molecule is Cn1c(COCc2c(-c3ccc(F)cc3F)cc(C#N)c(=O)n2C)cnc1-c1ccc(C#N)cc1. The first-order valence-corrected chi connectivity index (χ1v) is 10.5. The van der Waals surface area contributed by atoms with Gasteiger partial charge in [-0.2, -0.15) is 10.5 Å². The van der Waals surface area contributed by atoms with Crippen LogP contribution in [-0.2, 0) is 32.0 Å². The maximum absolute atomic E-state index is 14.6. The quantitative estimate of drug-likeness (QED) is 0.420. The molecule has 0 aliphatic carbocycles. The van der Waals surface area contributed by atoms with E-state index in [0.29, 0.717) is 17.1 Å². The summed E-state index contributed by atoms with van der Waals surface area (Å²) in [6.45, 7) is 0.0697. The Morgan fingerprint density at radius 1 is 0.943 bits per heavy atom. The lowest BCUT2D eigenvalue weighted by atomic mass is 10.0. The molecule has 0 aliphatic heterocycles. The molecule has 0 fully saturated rings. The van der Waals surface area contributed by atoms with Crippen molar-refractivity contribution in [2.75, 3.05) is 0 Å². The van der Waals surface area contributed by atoms with Crippen LogP contribution in [0.15, 0.2) is 59.5 Å². The number of hydrogen-bond acceptors (Lipinski definition) is 5. The summed E-state index contributed by atoms with van der Waals surface area (Å²) in [5.41, 5.74) is 2.10. The molecule has 0 bridgehead atoms. The molecule has 2 aromatic heterocycles. The van der Waals surface area contributed by atoms with Crippen LogP contribution in [0, 0.1) is 34.3 Å². The van der Waals surface area contributed by atoms with E-state index in [9.17, 15) is 18.8 Å². The van der Waals surface area contributed by atoms with E-state index in [2.05, 4.69) is 11.1 Å². The molecule has 174 valence electrons. The number of nitriles is 2. The molecule has 0 radical (unpaired) electrons. The van der Waals surface area contributed by atoms with Gasteiger partial charge < -0.3 is 13.9 Å². The molecular weight excluding hydrogens is 452 g/mol. The second-order valence-electron chi connectivity index (χ2n) is 7.83. The Bertz CT molecular complexity index is 1560. The maximum Gasteiger partial charge on any atom is 0.268 e. The van der Waals surface area contributed by atoms with Gasteiger partial charge in [0.2, 0.25) is 0 Å². The molecule has 35 heavy (non-hydrogen) atoms. The highest BCUT2D eigenvalue weighted by Gasteiger charge is 2.18. The molecule has 9 heteroatoms. The highest BCUT2D eigenvalue weighted by molar-refractivity contribution is 5.68. The zero-order valence-corrected chi connectivity index (χ0v) is 18.9. The molecule has 0 aliphatic rings. The predicted molar refractivity (Wildman–Crippen MR) is 124 cm³/mol. The molecule has 0 saturated carbocycles. The van der Waals surface area contributed by atoms with Crippen LogP contribution in [0.25, 0.3) is 22.5 Å². The number of pyridine rings is 1. The fourth-order valence-electron chi connectivity index (χ4n) is 3.76. The lowest BCUT2D eigenvalue weighted by Crippen LogP contribution is -2.24. The fourth-order valence-corrected chi connectivity index (χ4v) is 3.76.